The Morgan fingerprint density at radius 3 is 2.72 bits per heavy atom. The first-order valence-corrected chi connectivity index (χ1v) is 10.2. The highest BCUT2D eigenvalue weighted by Gasteiger charge is 2.39. The van der Waals surface area contributed by atoms with Gasteiger partial charge in [0.15, 0.2) is 0 Å². The summed E-state index contributed by atoms with van der Waals surface area (Å²) in [5.74, 6) is -1.37. The molecule has 2 aliphatic rings. The molecule has 2 N–H and O–H groups in total. The number of aliphatic hydroxyl groups is 1. The van der Waals surface area contributed by atoms with Crippen molar-refractivity contribution in [2.45, 2.75) is 38.4 Å². The molecule has 0 saturated heterocycles. The van der Waals surface area contributed by atoms with Crippen molar-refractivity contribution in [2.24, 2.45) is 5.92 Å². The van der Waals surface area contributed by atoms with Gasteiger partial charge in [0, 0.05) is 25.0 Å². The van der Waals surface area contributed by atoms with E-state index in [-0.39, 0.29) is 24.2 Å². The summed E-state index contributed by atoms with van der Waals surface area (Å²) in [5, 5.41) is 19.0. The molecule has 0 fully saturated rings. The number of benzene rings is 2. The molecule has 1 heterocycles. The van der Waals surface area contributed by atoms with Gasteiger partial charge in [-0.2, -0.15) is 0 Å². The number of fused-ring (bicyclic) bond motifs is 3. The van der Waals surface area contributed by atoms with E-state index >= 15 is 0 Å². The number of hydrogen-bond acceptors (Lipinski definition) is 4. The highest BCUT2D eigenvalue weighted by Crippen LogP contribution is 2.45. The Labute approximate surface area is 170 Å². The maximum absolute atomic E-state index is 11.7. The van der Waals surface area contributed by atoms with E-state index in [4.69, 9.17) is 9.47 Å². The topological polar surface area (TPSA) is 76.0 Å². The lowest BCUT2D eigenvalue weighted by Crippen LogP contribution is -2.36. The third-order valence-electron chi connectivity index (χ3n) is 5.87. The number of allylic oxidation sites excluding steroid dienone is 1. The van der Waals surface area contributed by atoms with Gasteiger partial charge in [0.1, 0.15) is 0 Å². The third-order valence-corrected chi connectivity index (χ3v) is 5.87. The average Bonchev–Trinajstić information content (AvgIpc) is 3.11. The number of carboxylic acid groups (broad SMARTS) is 1. The first-order valence-electron chi connectivity index (χ1n) is 10.2. The Hall–Kier alpha value is -2.63. The number of rotatable bonds is 7. The van der Waals surface area contributed by atoms with E-state index in [9.17, 15) is 15.0 Å². The van der Waals surface area contributed by atoms with Crippen LogP contribution in [-0.4, -0.2) is 35.7 Å². The van der Waals surface area contributed by atoms with Gasteiger partial charge in [-0.3, -0.25) is 0 Å². The largest absolute Gasteiger partial charge is 0.475 e. The minimum Gasteiger partial charge on any atom is -0.475 e. The number of aliphatic hydroxyl groups excluding tert-OH is 1. The van der Waals surface area contributed by atoms with Crippen molar-refractivity contribution >= 4 is 5.97 Å². The minimum atomic E-state index is -1.09. The molecule has 4 rings (SSSR count). The maximum atomic E-state index is 11.7. The molecule has 0 radical (unpaired) electrons. The highest BCUT2D eigenvalue weighted by atomic mass is 16.7. The SMILES string of the molecule is CCO[C@@H]1OC(C(=O)O)=C[C@H](c2cccc3c2Cc2ccccc2-3)[C@@H]1CCCO. The zero-order chi connectivity index (χ0) is 20.4. The van der Waals surface area contributed by atoms with Gasteiger partial charge in [-0.1, -0.05) is 42.5 Å². The summed E-state index contributed by atoms with van der Waals surface area (Å²) in [6.07, 6.45) is 3.21. The summed E-state index contributed by atoms with van der Waals surface area (Å²) >= 11 is 0. The number of carbonyl (C=O) groups is 1. The first-order chi connectivity index (χ1) is 14.1. The summed E-state index contributed by atoms with van der Waals surface area (Å²) in [5.41, 5.74) is 6.10. The fourth-order valence-electron chi connectivity index (χ4n) is 4.61. The van der Waals surface area contributed by atoms with Gasteiger partial charge in [-0.25, -0.2) is 4.79 Å². The molecular formula is C24H26O5. The minimum absolute atomic E-state index is 0.0678. The van der Waals surface area contributed by atoms with Crippen LogP contribution in [-0.2, 0) is 20.7 Å². The molecular weight excluding hydrogens is 368 g/mol. The summed E-state index contributed by atoms with van der Waals surface area (Å²) in [4.78, 5) is 11.7. The van der Waals surface area contributed by atoms with Crippen molar-refractivity contribution in [3.63, 3.8) is 0 Å². The molecule has 2 aromatic rings. The lowest BCUT2D eigenvalue weighted by Gasteiger charge is -2.37. The summed E-state index contributed by atoms with van der Waals surface area (Å²) in [7, 11) is 0. The predicted molar refractivity (Wildman–Crippen MR) is 109 cm³/mol. The fourth-order valence-corrected chi connectivity index (χ4v) is 4.61. The van der Waals surface area contributed by atoms with Gasteiger partial charge >= 0.3 is 5.97 Å². The Balaban J connectivity index is 1.80. The molecule has 152 valence electrons. The van der Waals surface area contributed by atoms with Crippen LogP contribution in [0.25, 0.3) is 11.1 Å². The van der Waals surface area contributed by atoms with Gasteiger partial charge in [0.25, 0.3) is 0 Å². The van der Waals surface area contributed by atoms with E-state index in [0.717, 1.165) is 12.0 Å². The van der Waals surface area contributed by atoms with Crippen molar-refractivity contribution in [3.8, 4) is 11.1 Å². The van der Waals surface area contributed by atoms with E-state index in [1.165, 1.54) is 22.3 Å². The zero-order valence-corrected chi connectivity index (χ0v) is 16.5. The smallest absolute Gasteiger partial charge is 0.370 e. The second kappa shape index (κ2) is 8.39. The molecule has 0 spiro atoms. The Kier molecular flexibility index (Phi) is 5.69. The standard InChI is InChI=1S/C24H26O5/c1-2-28-24-19(11-6-12-25)21(14-22(29-24)23(26)27)18-10-5-9-17-16-8-4-3-7-15(16)13-20(17)18/h3-5,7-10,14,19,21,24-25H,2,6,11-13H2,1H3,(H,26,27)/t19-,21+,24+/m0/s1. The van der Waals surface area contributed by atoms with E-state index in [0.29, 0.717) is 19.4 Å². The number of carboxylic acids is 1. The molecule has 0 bridgehead atoms. The molecule has 1 aliphatic carbocycles. The van der Waals surface area contributed by atoms with E-state index < -0.39 is 12.3 Å². The van der Waals surface area contributed by atoms with Gasteiger partial charge < -0.3 is 19.7 Å². The van der Waals surface area contributed by atoms with Gasteiger partial charge in [0.2, 0.25) is 12.0 Å². The van der Waals surface area contributed by atoms with Gasteiger partial charge in [0.05, 0.1) is 0 Å². The van der Waals surface area contributed by atoms with Crippen LogP contribution in [0.2, 0.25) is 0 Å². The van der Waals surface area contributed by atoms with Crippen molar-refractivity contribution < 1.29 is 24.5 Å². The van der Waals surface area contributed by atoms with Crippen LogP contribution in [0.15, 0.2) is 54.3 Å². The Morgan fingerprint density at radius 2 is 1.97 bits per heavy atom. The molecule has 0 amide bonds. The monoisotopic (exact) mass is 394 g/mol. The van der Waals surface area contributed by atoms with Crippen LogP contribution in [0.1, 0.15) is 42.4 Å². The highest BCUT2D eigenvalue weighted by molar-refractivity contribution is 5.85. The summed E-state index contributed by atoms with van der Waals surface area (Å²) in [6, 6.07) is 14.6. The van der Waals surface area contributed by atoms with Gasteiger partial charge in [-0.05, 0) is 60.1 Å². The molecule has 1 aliphatic heterocycles. The lowest BCUT2D eigenvalue weighted by molar-refractivity contribution is -0.173. The van der Waals surface area contributed by atoms with E-state index in [1.54, 1.807) is 6.08 Å². The molecule has 2 aromatic carbocycles. The van der Waals surface area contributed by atoms with Crippen LogP contribution in [0.4, 0.5) is 0 Å². The van der Waals surface area contributed by atoms with Crippen molar-refractivity contribution in [2.75, 3.05) is 13.2 Å². The van der Waals surface area contributed by atoms with E-state index in [1.807, 2.05) is 19.1 Å². The van der Waals surface area contributed by atoms with Crippen molar-refractivity contribution in [1.82, 2.24) is 0 Å². The lowest BCUT2D eigenvalue weighted by atomic mass is 9.78. The second-order valence-electron chi connectivity index (χ2n) is 7.54. The zero-order valence-electron chi connectivity index (χ0n) is 16.5. The first kappa shape index (κ1) is 19.7. The second-order valence-corrected chi connectivity index (χ2v) is 7.54. The molecule has 0 unspecified atom stereocenters. The molecule has 0 saturated carbocycles. The molecule has 5 nitrogen and oxygen atoms in total. The fraction of sp³-hybridized carbons (Fsp3) is 0.375. The van der Waals surface area contributed by atoms with Crippen LogP contribution in [0.5, 0.6) is 0 Å². The normalized spacial score (nSPS) is 22.4. The quantitative estimate of drug-likeness (QED) is 0.631. The van der Waals surface area contributed by atoms with Crippen LogP contribution in [0, 0.1) is 5.92 Å². The average molecular weight is 394 g/mol. The molecule has 3 atom stereocenters. The Morgan fingerprint density at radius 1 is 1.17 bits per heavy atom. The van der Waals surface area contributed by atoms with Crippen LogP contribution < -0.4 is 0 Å². The van der Waals surface area contributed by atoms with Gasteiger partial charge in [-0.15, -0.1) is 0 Å². The number of ether oxygens (including phenoxy) is 2. The molecule has 5 heteroatoms. The summed E-state index contributed by atoms with van der Waals surface area (Å²) in [6.45, 7) is 2.38. The third kappa shape index (κ3) is 3.68. The number of aliphatic carboxylic acids is 1. The van der Waals surface area contributed by atoms with Crippen LogP contribution >= 0.6 is 0 Å². The molecule has 0 aromatic heterocycles. The van der Waals surface area contributed by atoms with Crippen molar-refractivity contribution in [1.29, 1.82) is 0 Å². The maximum Gasteiger partial charge on any atom is 0.370 e. The molecule has 29 heavy (non-hydrogen) atoms. The summed E-state index contributed by atoms with van der Waals surface area (Å²) < 4.78 is 11.5. The van der Waals surface area contributed by atoms with Crippen LogP contribution in [0.3, 0.4) is 0 Å². The van der Waals surface area contributed by atoms with E-state index in [2.05, 4.69) is 30.3 Å². The Bertz CT molecular complexity index is 933. The van der Waals surface area contributed by atoms with Crippen molar-refractivity contribution in [3.05, 3.63) is 71.0 Å². The number of hydrogen-bond donors (Lipinski definition) is 2. The predicted octanol–water partition coefficient (Wildman–Crippen LogP) is 4.09.